The zero-order valence-corrected chi connectivity index (χ0v) is 11.9. The van der Waals surface area contributed by atoms with Crippen molar-refractivity contribution in [2.75, 3.05) is 11.6 Å². The van der Waals surface area contributed by atoms with Crippen LogP contribution in [0.1, 0.15) is 12.1 Å². The third-order valence-electron chi connectivity index (χ3n) is 2.70. The topological polar surface area (TPSA) is 46.9 Å². The summed E-state index contributed by atoms with van der Waals surface area (Å²) >= 11 is 1.66. The van der Waals surface area contributed by atoms with Crippen LogP contribution in [0.3, 0.4) is 0 Å². The number of hydrogen-bond acceptors (Lipinski definition) is 3. The van der Waals surface area contributed by atoms with Crippen molar-refractivity contribution >= 4 is 23.4 Å². The molecule has 0 aliphatic rings. The normalized spacial score (nSPS) is 10.4. The maximum absolute atomic E-state index is 11.8. The smallest absolute Gasteiger partial charge is 0.226 e. The van der Waals surface area contributed by atoms with Gasteiger partial charge in [-0.3, -0.25) is 9.48 Å². The number of nitrogens with zero attached hydrogens (tertiary/aromatic N) is 2. The van der Waals surface area contributed by atoms with Crippen molar-refractivity contribution in [1.29, 1.82) is 0 Å². The number of thioether (sulfide) groups is 1. The molecule has 0 unspecified atom stereocenters. The highest BCUT2D eigenvalue weighted by Gasteiger charge is 2.04. The molecule has 0 fully saturated rings. The summed E-state index contributed by atoms with van der Waals surface area (Å²) in [6, 6.07) is 9.77. The standard InChI is InChI=1S/C14H17N3OS/c1-11-6-8-17(16-11)9-7-14(18)15-12-4-3-5-13(10-12)19-2/h3-6,8,10H,7,9H2,1-2H3,(H,15,18). The molecular weight excluding hydrogens is 258 g/mol. The summed E-state index contributed by atoms with van der Waals surface area (Å²) < 4.78 is 1.78. The van der Waals surface area contributed by atoms with E-state index in [4.69, 9.17) is 0 Å². The summed E-state index contributed by atoms with van der Waals surface area (Å²) in [6.07, 6.45) is 4.32. The maximum Gasteiger partial charge on any atom is 0.226 e. The summed E-state index contributed by atoms with van der Waals surface area (Å²) in [5, 5.41) is 7.15. The Labute approximate surface area is 117 Å². The van der Waals surface area contributed by atoms with Gasteiger partial charge in [0, 0.05) is 29.7 Å². The van der Waals surface area contributed by atoms with Gasteiger partial charge in [-0.1, -0.05) is 6.07 Å². The maximum atomic E-state index is 11.8. The minimum absolute atomic E-state index is 0.00593. The van der Waals surface area contributed by atoms with Crippen LogP contribution in [0.15, 0.2) is 41.4 Å². The van der Waals surface area contributed by atoms with Crippen molar-refractivity contribution in [1.82, 2.24) is 9.78 Å². The summed E-state index contributed by atoms with van der Waals surface area (Å²) in [4.78, 5) is 13.0. The molecule has 100 valence electrons. The van der Waals surface area contributed by atoms with Crippen LogP contribution in [0.4, 0.5) is 5.69 Å². The summed E-state index contributed by atoms with van der Waals surface area (Å²) in [7, 11) is 0. The molecule has 0 aliphatic heterocycles. The number of amides is 1. The fourth-order valence-electron chi connectivity index (χ4n) is 1.73. The number of nitrogens with one attached hydrogen (secondary N) is 1. The Bertz CT molecular complexity index is 565. The second-order valence-corrected chi connectivity index (χ2v) is 5.13. The first kappa shape index (κ1) is 13.7. The zero-order chi connectivity index (χ0) is 13.7. The molecule has 2 rings (SSSR count). The lowest BCUT2D eigenvalue weighted by molar-refractivity contribution is -0.116. The largest absolute Gasteiger partial charge is 0.326 e. The second kappa shape index (κ2) is 6.43. The van der Waals surface area contributed by atoms with Crippen LogP contribution in [-0.4, -0.2) is 21.9 Å². The van der Waals surface area contributed by atoms with Crippen molar-refractivity contribution in [2.45, 2.75) is 24.8 Å². The van der Waals surface area contributed by atoms with Gasteiger partial charge in [-0.15, -0.1) is 11.8 Å². The van der Waals surface area contributed by atoms with Gasteiger partial charge >= 0.3 is 0 Å². The molecule has 0 aliphatic carbocycles. The molecule has 0 radical (unpaired) electrons. The number of carbonyl (C=O) groups is 1. The quantitative estimate of drug-likeness (QED) is 0.853. The molecule has 0 atom stereocenters. The van der Waals surface area contributed by atoms with Gasteiger partial charge in [-0.2, -0.15) is 5.10 Å². The lowest BCUT2D eigenvalue weighted by Gasteiger charge is -2.06. The van der Waals surface area contributed by atoms with Crippen LogP contribution < -0.4 is 5.32 Å². The monoisotopic (exact) mass is 275 g/mol. The Hall–Kier alpha value is -1.75. The van der Waals surface area contributed by atoms with Gasteiger partial charge in [0.1, 0.15) is 0 Å². The molecule has 19 heavy (non-hydrogen) atoms. The Morgan fingerprint density at radius 2 is 2.26 bits per heavy atom. The van der Waals surface area contributed by atoms with Crippen molar-refractivity contribution in [3.05, 3.63) is 42.2 Å². The third-order valence-corrected chi connectivity index (χ3v) is 3.42. The van der Waals surface area contributed by atoms with Crippen molar-refractivity contribution in [3.63, 3.8) is 0 Å². The van der Waals surface area contributed by atoms with Crippen LogP contribution in [0.25, 0.3) is 0 Å². The van der Waals surface area contributed by atoms with Crippen molar-refractivity contribution < 1.29 is 4.79 Å². The number of aromatic nitrogens is 2. The average molecular weight is 275 g/mol. The molecule has 1 aromatic carbocycles. The first-order chi connectivity index (χ1) is 9.17. The third kappa shape index (κ3) is 4.13. The van der Waals surface area contributed by atoms with Crippen LogP contribution in [-0.2, 0) is 11.3 Å². The Morgan fingerprint density at radius 1 is 1.42 bits per heavy atom. The van der Waals surface area contributed by atoms with Crippen LogP contribution in [0, 0.1) is 6.92 Å². The summed E-state index contributed by atoms with van der Waals surface area (Å²) in [5.74, 6) is 0.00593. The molecule has 0 saturated carbocycles. The second-order valence-electron chi connectivity index (χ2n) is 4.25. The van der Waals surface area contributed by atoms with Gasteiger partial charge < -0.3 is 5.32 Å². The molecule has 1 heterocycles. The van der Waals surface area contributed by atoms with Gasteiger partial charge in [0.2, 0.25) is 5.91 Å². The number of anilines is 1. The molecule has 2 aromatic rings. The fourth-order valence-corrected chi connectivity index (χ4v) is 2.19. The van der Waals surface area contributed by atoms with Crippen molar-refractivity contribution in [3.8, 4) is 0 Å². The first-order valence-corrected chi connectivity index (χ1v) is 7.34. The molecule has 1 amide bonds. The van der Waals surface area contributed by atoms with Gasteiger partial charge in [0.15, 0.2) is 0 Å². The SMILES string of the molecule is CSc1cccc(NC(=O)CCn2ccc(C)n2)c1. The number of aryl methyl sites for hydroxylation is 2. The number of hydrogen-bond donors (Lipinski definition) is 1. The van der Waals surface area contributed by atoms with E-state index in [1.807, 2.05) is 49.7 Å². The molecule has 0 saturated heterocycles. The van der Waals surface area contributed by atoms with Crippen LogP contribution in [0.2, 0.25) is 0 Å². The first-order valence-electron chi connectivity index (χ1n) is 6.11. The van der Waals surface area contributed by atoms with E-state index >= 15 is 0 Å². The predicted octanol–water partition coefficient (Wildman–Crippen LogP) is 2.94. The van der Waals surface area contributed by atoms with E-state index in [1.165, 1.54) is 0 Å². The average Bonchev–Trinajstić information content (AvgIpc) is 2.82. The summed E-state index contributed by atoms with van der Waals surface area (Å²) in [6.45, 7) is 2.53. The van der Waals surface area contributed by atoms with E-state index < -0.39 is 0 Å². The predicted molar refractivity (Wildman–Crippen MR) is 78.4 cm³/mol. The molecule has 1 N–H and O–H groups in total. The lowest BCUT2D eigenvalue weighted by Crippen LogP contribution is -2.14. The highest BCUT2D eigenvalue weighted by molar-refractivity contribution is 7.98. The van der Waals surface area contributed by atoms with E-state index in [-0.39, 0.29) is 5.91 Å². The lowest BCUT2D eigenvalue weighted by atomic mass is 10.3. The zero-order valence-electron chi connectivity index (χ0n) is 11.1. The van der Waals surface area contributed by atoms with Crippen LogP contribution >= 0.6 is 11.8 Å². The molecular formula is C14H17N3OS. The van der Waals surface area contributed by atoms with E-state index in [0.29, 0.717) is 13.0 Å². The van der Waals surface area contributed by atoms with E-state index in [0.717, 1.165) is 16.3 Å². The number of benzene rings is 1. The molecule has 0 bridgehead atoms. The Balaban J connectivity index is 1.86. The molecule has 4 nitrogen and oxygen atoms in total. The fraction of sp³-hybridized carbons (Fsp3) is 0.286. The van der Waals surface area contributed by atoms with E-state index in [2.05, 4.69) is 10.4 Å². The van der Waals surface area contributed by atoms with Gasteiger partial charge in [-0.05, 0) is 37.4 Å². The number of carbonyl (C=O) groups excluding carboxylic acids is 1. The van der Waals surface area contributed by atoms with Crippen LogP contribution in [0.5, 0.6) is 0 Å². The molecule has 1 aromatic heterocycles. The number of rotatable bonds is 5. The van der Waals surface area contributed by atoms with Gasteiger partial charge in [0.05, 0.1) is 5.69 Å². The van der Waals surface area contributed by atoms with E-state index in [1.54, 1.807) is 16.4 Å². The van der Waals surface area contributed by atoms with Crippen molar-refractivity contribution in [2.24, 2.45) is 0 Å². The highest BCUT2D eigenvalue weighted by Crippen LogP contribution is 2.19. The minimum Gasteiger partial charge on any atom is -0.326 e. The Kier molecular flexibility index (Phi) is 4.63. The molecule has 0 spiro atoms. The molecule has 5 heteroatoms. The summed E-state index contributed by atoms with van der Waals surface area (Å²) in [5.41, 5.74) is 1.81. The van der Waals surface area contributed by atoms with Gasteiger partial charge in [-0.25, -0.2) is 0 Å². The Morgan fingerprint density at radius 3 is 2.95 bits per heavy atom. The minimum atomic E-state index is 0.00593. The van der Waals surface area contributed by atoms with Gasteiger partial charge in [0.25, 0.3) is 0 Å². The highest BCUT2D eigenvalue weighted by atomic mass is 32.2. The van der Waals surface area contributed by atoms with E-state index in [9.17, 15) is 4.79 Å².